The van der Waals surface area contributed by atoms with Gasteiger partial charge in [0.25, 0.3) is 0 Å². The predicted octanol–water partition coefficient (Wildman–Crippen LogP) is 2.57. The highest BCUT2D eigenvalue weighted by atomic mass is 32.2. The van der Waals surface area contributed by atoms with Gasteiger partial charge in [0.05, 0.1) is 5.39 Å². The summed E-state index contributed by atoms with van der Waals surface area (Å²) >= 11 is 1.61. The van der Waals surface area contributed by atoms with Gasteiger partial charge < -0.3 is 10.7 Å². The molecule has 0 aliphatic rings. The molecule has 0 atom stereocenters. The average molecular weight is 285 g/mol. The topological polar surface area (TPSA) is 79.6 Å². The van der Waals surface area contributed by atoms with Gasteiger partial charge in [-0.15, -0.1) is 0 Å². The van der Waals surface area contributed by atoms with Crippen LogP contribution in [-0.2, 0) is 6.54 Å². The van der Waals surface area contributed by atoms with Gasteiger partial charge in [0.1, 0.15) is 17.8 Å². The van der Waals surface area contributed by atoms with Crippen molar-refractivity contribution in [3.63, 3.8) is 0 Å². The van der Waals surface area contributed by atoms with Crippen molar-refractivity contribution in [2.75, 3.05) is 12.0 Å². The number of hydrogen-bond acceptors (Lipinski definition) is 5. The molecule has 6 heteroatoms. The lowest BCUT2D eigenvalue weighted by Gasteiger charge is -2.05. The second-order valence-corrected chi connectivity index (χ2v) is 5.11. The van der Waals surface area contributed by atoms with E-state index in [0.717, 1.165) is 28.7 Å². The molecule has 1 aromatic carbocycles. The van der Waals surface area contributed by atoms with Crippen LogP contribution in [0.2, 0.25) is 0 Å². The van der Waals surface area contributed by atoms with Gasteiger partial charge in [-0.1, -0.05) is 30.1 Å². The summed E-state index contributed by atoms with van der Waals surface area (Å²) in [6.07, 6.45) is 5.41. The number of aromatic nitrogens is 3. The maximum atomic E-state index is 5.97. The molecule has 5 nitrogen and oxygen atoms in total. The quantitative estimate of drug-likeness (QED) is 0.642. The summed E-state index contributed by atoms with van der Waals surface area (Å²) in [6.45, 7) is 0.823. The Bertz CT molecular complexity index is 737. The van der Waals surface area contributed by atoms with Crippen LogP contribution >= 0.6 is 11.9 Å². The van der Waals surface area contributed by atoms with Crippen molar-refractivity contribution in [1.82, 2.24) is 19.7 Å². The molecular formula is C14H15N5S. The summed E-state index contributed by atoms with van der Waals surface area (Å²) in [5.41, 5.74) is 10.1. The average Bonchev–Trinajstić information content (AvgIpc) is 2.91. The van der Waals surface area contributed by atoms with Crippen LogP contribution in [-0.4, -0.2) is 21.2 Å². The Balaban J connectivity index is 2.07. The number of fused-ring (bicyclic) bond motifs is 1. The van der Waals surface area contributed by atoms with Crippen LogP contribution in [0.3, 0.4) is 0 Å². The van der Waals surface area contributed by atoms with Gasteiger partial charge in [-0.25, -0.2) is 9.97 Å². The first-order chi connectivity index (χ1) is 9.79. The van der Waals surface area contributed by atoms with Gasteiger partial charge in [-0.2, -0.15) is 0 Å². The number of aromatic amines is 1. The van der Waals surface area contributed by atoms with E-state index in [2.05, 4.69) is 37.9 Å². The number of rotatable bonds is 4. The van der Waals surface area contributed by atoms with Crippen molar-refractivity contribution in [2.45, 2.75) is 6.54 Å². The van der Waals surface area contributed by atoms with Gasteiger partial charge in [-0.05, 0) is 23.4 Å². The maximum absolute atomic E-state index is 5.97. The molecule has 0 saturated heterocycles. The Morgan fingerprint density at radius 3 is 3.10 bits per heavy atom. The molecule has 0 aliphatic carbocycles. The Hall–Kier alpha value is -2.05. The van der Waals surface area contributed by atoms with Gasteiger partial charge in [0.2, 0.25) is 0 Å². The van der Waals surface area contributed by atoms with Crippen molar-refractivity contribution in [1.29, 1.82) is 0 Å². The predicted molar refractivity (Wildman–Crippen MR) is 84.1 cm³/mol. The molecule has 2 heterocycles. The van der Waals surface area contributed by atoms with Crippen LogP contribution in [0.25, 0.3) is 22.2 Å². The molecule has 0 fully saturated rings. The van der Waals surface area contributed by atoms with Crippen LogP contribution in [0.15, 0.2) is 36.8 Å². The molecule has 0 spiro atoms. The molecule has 0 saturated carbocycles. The summed E-state index contributed by atoms with van der Waals surface area (Å²) in [5, 5.41) is 0.877. The largest absolute Gasteiger partial charge is 0.383 e. The Morgan fingerprint density at radius 1 is 1.35 bits per heavy atom. The molecule has 3 aromatic rings. The maximum Gasteiger partial charge on any atom is 0.143 e. The third kappa shape index (κ3) is 2.35. The molecule has 0 radical (unpaired) electrons. The number of nitrogens with zero attached hydrogens (tertiary/aromatic N) is 2. The second kappa shape index (κ2) is 5.52. The zero-order valence-corrected chi connectivity index (χ0v) is 11.9. The number of anilines is 1. The number of nitrogen functional groups attached to an aromatic ring is 1. The number of H-pyrrole nitrogens is 1. The van der Waals surface area contributed by atoms with Gasteiger partial charge in [0, 0.05) is 18.3 Å². The first-order valence-electron chi connectivity index (χ1n) is 6.22. The highest BCUT2D eigenvalue weighted by Crippen LogP contribution is 2.30. The summed E-state index contributed by atoms with van der Waals surface area (Å²) < 4.78 is 3.25. The minimum Gasteiger partial charge on any atom is -0.383 e. The Morgan fingerprint density at radius 2 is 2.25 bits per heavy atom. The van der Waals surface area contributed by atoms with E-state index in [-0.39, 0.29) is 0 Å². The van der Waals surface area contributed by atoms with Crippen molar-refractivity contribution in [3.8, 4) is 11.1 Å². The van der Waals surface area contributed by atoms with Gasteiger partial charge in [0.15, 0.2) is 0 Å². The fourth-order valence-corrected chi connectivity index (χ4v) is 2.53. The van der Waals surface area contributed by atoms with Crippen LogP contribution < -0.4 is 10.5 Å². The van der Waals surface area contributed by atoms with Crippen LogP contribution in [0, 0.1) is 0 Å². The minimum atomic E-state index is 0.499. The van der Waals surface area contributed by atoms with Gasteiger partial charge in [-0.3, -0.25) is 4.72 Å². The summed E-state index contributed by atoms with van der Waals surface area (Å²) in [6, 6.07) is 8.36. The first kappa shape index (κ1) is 13.0. The SMILES string of the molecule is CSNCc1cccc(-c2c[nH]c3ncnc(N)c23)c1. The highest BCUT2D eigenvalue weighted by Gasteiger charge is 2.10. The number of nitrogens with two attached hydrogens (primary N) is 1. The molecule has 102 valence electrons. The van der Waals surface area contributed by atoms with E-state index in [1.54, 1.807) is 11.9 Å². The van der Waals surface area contributed by atoms with Gasteiger partial charge >= 0.3 is 0 Å². The molecule has 0 bridgehead atoms. The number of benzene rings is 1. The first-order valence-corrected chi connectivity index (χ1v) is 7.45. The summed E-state index contributed by atoms with van der Waals surface area (Å²) in [5.74, 6) is 0.499. The molecule has 0 aliphatic heterocycles. The van der Waals surface area contributed by atoms with E-state index >= 15 is 0 Å². The van der Waals surface area contributed by atoms with Crippen LogP contribution in [0.5, 0.6) is 0 Å². The molecule has 2 aromatic heterocycles. The smallest absolute Gasteiger partial charge is 0.143 e. The van der Waals surface area contributed by atoms with E-state index < -0.39 is 0 Å². The molecule has 3 rings (SSSR count). The molecule has 0 amide bonds. The number of nitrogens with one attached hydrogen (secondary N) is 2. The van der Waals surface area contributed by atoms with E-state index in [9.17, 15) is 0 Å². The summed E-state index contributed by atoms with van der Waals surface area (Å²) in [4.78, 5) is 11.4. The van der Waals surface area contributed by atoms with Crippen molar-refractivity contribution in [3.05, 3.63) is 42.4 Å². The lowest BCUT2D eigenvalue weighted by atomic mass is 10.0. The van der Waals surface area contributed by atoms with Crippen molar-refractivity contribution in [2.24, 2.45) is 0 Å². The fraction of sp³-hybridized carbons (Fsp3) is 0.143. The zero-order chi connectivity index (χ0) is 13.9. The molecular weight excluding hydrogens is 270 g/mol. The van der Waals surface area contributed by atoms with Crippen molar-refractivity contribution < 1.29 is 0 Å². The molecule has 0 unspecified atom stereocenters. The normalized spacial score (nSPS) is 11.1. The summed E-state index contributed by atoms with van der Waals surface area (Å²) in [7, 11) is 0. The molecule has 4 N–H and O–H groups in total. The third-order valence-corrected chi connectivity index (χ3v) is 3.59. The van der Waals surface area contributed by atoms with E-state index in [1.807, 2.05) is 18.5 Å². The van der Waals surface area contributed by atoms with E-state index in [1.165, 1.54) is 11.9 Å². The monoisotopic (exact) mass is 285 g/mol. The highest BCUT2D eigenvalue weighted by molar-refractivity contribution is 7.96. The zero-order valence-electron chi connectivity index (χ0n) is 11.1. The van der Waals surface area contributed by atoms with E-state index in [0.29, 0.717) is 5.82 Å². The second-order valence-electron chi connectivity index (χ2n) is 4.41. The standard InChI is InChI=1S/C14H15N5S/c1-20-19-6-9-3-2-4-10(5-9)11-7-16-14-12(11)13(15)17-8-18-14/h2-5,7-8,19H,6H2,1H3,(H3,15,16,17,18). The molecule has 20 heavy (non-hydrogen) atoms. The Kier molecular flexibility index (Phi) is 3.58. The third-order valence-electron chi connectivity index (χ3n) is 3.16. The fourth-order valence-electron chi connectivity index (χ4n) is 2.22. The van der Waals surface area contributed by atoms with Crippen LogP contribution in [0.4, 0.5) is 5.82 Å². The lowest BCUT2D eigenvalue weighted by molar-refractivity contribution is 0.980. The lowest BCUT2D eigenvalue weighted by Crippen LogP contribution is -2.01. The minimum absolute atomic E-state index is 0.499. The van der Waals surface area contributed by atoms with E-state index in [4.69, 9.17) is 5.73 Å². The number of hydrogen-bond donors (Lipinski definition) is 3. The van der Waals surface area contributed by atoms with Crippen molar-refractivity contribution >= 4 is 28.8 Å². The Labute approximate surface area is 121 Å². The van der Waals surface area contributed by atoms with Crippen LogP contribution in [0.1, 0.15) is 5.56 Å².